The molecule has 4 nitrogen and oxygen atoms in total. The minimum atomic E-state index is -2.89. The van der Waals surface area contributed by atoms with Crippen molar-refractivity contribution in [2.45, 2.75) is 13.2 Å². The van der Waals surface area contributed by atoms with Crippen LogP contribution in [0.2, 0.25) is 0 Å². The number of hydrogen-bond donors (Lipinski definition) is 2. The molecule has 0 aliphatic rings. The number of nitrogens with one attached hydrogen (secondary N) is 1. The fourth-order valence-electron chi connectivity index (χ4n) is 1.16. The van der Waals surface area contributed by atoms with E-state index >= 15 is 0 Å². The number of carbonyl (C=O) groups is 1. The van der Waals surface area contributed by atoms with Crippen molar-refractivity contribution in [2.24, 2.45) is 0 Å². The average molecular weight is 231 g/mol. The fraction of sp³-hybridized carbons (Fsp3) is 0.300. The molecule has 0 saturated heterocycles. The van der Waals surface area contributed by atoms with Crippen molar-refractivity contribution in [3.63, 3.8) is 0 Å². The summed E-state index contributed by atoms with van der Waals surface area (Å²) in [6, 6.07) is 6.23. The highest BCUT2D eigenvalue weighted by atomic mass is 19.3. The highest BCUT2D eigenvalue weighted by molar-refractivity contribution is 5.69. The molecule has 1 aromatic rings. The Balaban J connectivity index is 2.60. The van der Waals surface area contributed by atoms with Gasteiger partial charge in [0.15, 0.2) is 0 Å². The van der Waals surface area contributed by atoms with Gasteiger partial charge in [-0.15, -0.1) is 0 Å². The number of aliphatic carboxylic acids is 1. The lowest BCUT2D eigenvalue weighted by molar-refractivity contribution is -0.136. The first-order valence-electron chi connectivity index (χ1n) is 4.55. The molecule has 0 aromatic heterocycles. The van der Waals surface area contributed by atoms with E-state index in [1.54, 1.807) is 18.2 Å². The molecule has 0 amide bonds. The molecule has 88 valence electrons. The zero-order valence-corrected chi connectivity index (χ0v) is 8.32. The van der Waals surface area contributed by atoms with Gasteiger partial charge in [0.1, 0.15) is 5.75 Å². The van der Waals surface area contributed by atoms with E-state index in [-0.39, 0.29) is 18.8 Å². The largest absolute Gasteiger partial charge is 0.480 e. The SMILES string of the molecule is O=C(O)CNCc1ccccc1OC(F)F. The third-order valence-electron chi connectivity index (χ3n) is 1.78. The standard InChI is InChI=1S/C10H11F2NO3/c11-10(12)16-8-4-2-1-3-7(8)5-13-6-9(14)15/h1-4,10,13H,5-6H2,(H,14,15). The van der Waals surface area contributed by atoms with Crippen molar-refractivity contribution < 1.29 is 23.4 Å². The molecule has 0 heterocycles. The number of benzene rings is 1. The van der Waals surface area contributed by atoms with Gasteiger partial charge < -0.3 is 15.2 Å². The smallest absolute Gasteiger partial charge is 0.387 e. The molecule has 0 aliphatic carbocycles. The quantitative estimate of drug-likeness (QED) is 0.778. The topological polar surface area (TPSA) is 58.6 Å². The highest BCUT2D eigenvalue weighted by Gasteiger charge is 2.08. The van der Waals surface area contributed by atoms with Crippen LogP contribution < -0.4 is 10.1 Å². The first-order chi connectivity index (χ1) is 7.59. The van der Waals surface area contributed by atoms with Gasteiger partial charge in [-0.2, -0.15) is 8.78 Å². The zero-order valence-electron chi connectivity index (χ0n) is 8.32. The number of alkyl halides is 2. The summed E-state index contributed by atoms with van der Waals surface area (Å²) in [6.07, 6.45) is 0. The third kappa shape index (κ3) is 4.22. The summed E-state index contributed by atoms with van der Waals surface area (Å²) in [7, 11) is 0. The second-order valence-corrected chi connectivity index (χ2v) is 2.98. The van der Waals surface area contributed by atoms with Crippen molar-refractivity contribution in [2.75, 3.05) is 6.54 Å². The summed E-state index contributed by atoms with van der Waals surface area (Å²) in [4.78, 5) is 10.2. The van der Waals surface area contributed by atoms with Crippen molar-refractivity contribution in [3.8, 4) is 5.75 Å². The van der Waals surface area contributed by atoms with Gasteiger partial charge in [0.25, 0.3) is 0 Å². The first kappa shape index (κ1) is 12.4. The number of hydrogen-bond acceptors (Lipinski definition) is 3. The molecule has 0 fully saturated rings. The van der Waals surface area contributed by atoms with E-state index < -0.39 is 12.6 Å². The predicted octanol–water partition coefficient (Wildman–Crippen LogP) is 1.46. The summed E-state index contributed by atoms with van der Waals surface area (Å²) in [5.41, 5.74) is 0.490. The maximum Gasteiger partial charge on any atom is 0.387 e. The van der Waals surface area contributed by atoms with Crippen molar-refractivity contribution in [1.29, 1.82) is 0 Å². The Morgan fingerprint density at radius 3 is 2.75 bits per heavy atom. The van der Waals surface area contributed by atoms with Gasteiger partial charge in [-0.1, -0.05) is 18.2 Å². The minimum absolute atomic E-state index is 0.0513. The van der Waals surface area contributed by atoms with E-state index in [0.29, 0.717) is 5.56 Å². The van der Waals surface area contributed by atoms with Crippen LogP contribution >= 0.6 is 0 Å². The lowest BCUT2D eigenvalue weighted by Gasteiger charge is -2.10. The monoisotopic (exact) mass is 231 g/mol. The van der Waals surface area contributed by atoms with E-state index in [1.165, 1.54) is 6.07 Å². The van der Waals surface area contributed by atoms with Crippen LogP contribution in [0.15, 0.2) is 24.3 Å². The number of rotatable bonds is 6. The summed E-state index contributed by atoms with van der Waals surface area (Å²) in [5.74, 6) is -0.956. The van der Waals surface area contributed by atoms with Crippen LogP contribution in [0.5, 0.6) is 5.75 Å². The minimum Gasteiger partial charge on any atom is -0.480 e. The lowest BCUT2D eigenvalue weighted by Crippen LogP contribution is -2.22. The normalized spacial score (nSPS) is 10.4. The third-order valence-corrected chi connectivity index (χ3v) is 1.78. The van der Waals surface area contributed by atoms with Gasteiger partial charge in [-0.3, -0.25) is 4.79 Å². The Bertz CT molecular complexity index is 358. The van der Waals surface area contributed by atoms with Crippen molar-refractivity contribution in [3.05, 3.63) is 29.8 Å². The molecule has 0 unspecified atom stereocenters. The molecular weight excluding hydrogens is 220 g/mol. The summed E-state index contributed by atoms with van der Waals surface area (Å²) in [6.45, 7) is -2.96. The van der Waals surface area contributed by atoms with Gasteiger partial charge in [0.05, 0.1) is 6.54 Å². The van der Waals surface area contributed by atoms with E-state index in [1.807, 2.05) is 0 Å². The Morgan fingerprint density at radius 2 is 2.12 bits per heavy atom. The molecule has 6 heteroatoms. The second-order valence-electron chi connectivity index (χ2n) is 2.98. The van der Waals surface area contributed by atoms with E-state index in [4.69, 9.17) is 5.11 Å². The molecule has 0 spiro atoms. The van der Waals surface area contributed by atoms with Gasteiger partial charge >= 0.3 is 12.6 Å². The number of carboxylic acids is 1. The molecule has 1 rings (SSSR count). The van der Waals surface area contributed by atoms with Crippen LogP contribution in [-0.4, -0.2) is 24.2 Å². The molecule has 16 heavy (non-hydrogen) atoms. The molecular formula is C10H11F2NO3. The first-order valence-corrected chi connectivity index (χ1v) is 4.55. The van der Waals surface area contributed by atoms with Crippen molar-refractivity contribution >= 4 is 5.97 Å². The van der Waals surface area contributed by atoms with Crippen LogP contribution in [0.1, 0.15) is 5.56 Å². The molecule has 0 aliphatic heterocycles. The number of para-hydroxylation sites is 1. The Morgan fingerprint density at radius 1 is 1.44 bits per heavy atom. The molecule has 2 N–H and O–H groups in total. The van der Waals surface area contributed by atoms with Crippen LogP contribution in [0.4, 0.5) is 8.78 Å². The molecule has 1 aromatic carbocycles. The van der Waals surface area contributed by atoms with Crippen LogP contribution in [-0.2, 0) is 11.3 Å². The van der Waals surface area contributed by atoms with Crippen molar-refractivity contribution in [1.82, 2.24) is 5.32 Å². The number of ether oxygens (including phenoxy) is 1. The van der Waals surface area contributed by atoms with Gasteiger partial charge in [-0.25, -0.2) is 0 Å². The molecule has 0 atom stereocenters. The molecule has 0 saturated carbocycles. The van der Waals surface area contributed by atoms with Gasteiger partial charge in [0, 0.05) is 12.1 Å². The van der Waals surface area contributed by atoms with Crippen LogP contribution in [0.3, 0.4) is 0 Å². The van der Waals surface area contributed by atoms with Gasteiger partial charge in [0.2, 0.25) is 0 Å². The summed E-state index contributed by atoms with van der Waals surface area (Å²) >= 11 is 0. The zero-order chi connectivity index (χ0) is 12.0. The Labute approximate surface area is 90.8 Å². The van der Waals surface area contributed by atoms with E-state index in [0.717, 1.165) is 0 Å². The molecule has 0 radical (unpaired) electrons. The fourth-order valence-corrected chi connectivity index (χ4v) is 1.16. The average Bonchev–Trinajstić information content (AvgIpc) is 2.19. The van der Waals surface area contributed by atoms with Gasteiger partial charge in [-0.05, 0) is 6.07 Å². The Hall–Kier alpha value is -1.69. The molecule has 0 bridgehead atoms. The summed E-state index contributed by atoms with van der Waals surface area (Å²) in [5, 5.41) is 11.0. The maximum atomic E-state index is 12.0. The number of halogens is 2. The highest BCUT2D eigenvalue weighted by Crippen LogP contribution is 2.19. The number of carboxylic acid groups (broad SMARTS) is 1. The van der Waals surface area contributed by atoms with E-state index in [9.17, 15) is 13.6 Å². The summed E-state index contributed by atoms with van der Waals surface area (Å²) < 4.78 is 28.3. The lowest BCUT2D eigenvalue weighted by atomic mass is 10.2. The Kier molecular flexibility index (Phi) is 4.65. The second kappa shape index (κ2) is 6.02. The maximum absolute atomic E-state index is 12.0. The van der Waals surface area contributed by atoms with Crippen LogP contribution in [0.25, 0.3) is 0 Å². The van der Waals surface area contributed by atoms with Crippen LogP contribution in [0, 0.1) is 0 Å². The van der Waals surface area contributed by atoms with E-state index in [2.05, 4.69) is 10.1 Å². The predicted molar refractivity (Wildman–Crippen MR) is 52.4 cm³/mol.